The van der Waals surface area contributed by atoms with E-state index in [0.717, 1.165) is 0 Å². The fourth-order valence-corrected chi connectivity index (χ4v) is 1.40. The number of anilines is 1. The second-order valence-corrected chi connectivity index (χ2v) is 3.88. The minimum Gasteiger partial charge on any atom is -0.477 e. The molecule has 0 saturated heterocycles. The lowest BCUT2D eigenvalue weighted by molar-refractivity contribution is 0.0690. The second-order valence-electron chi connectivity index (χ2n) is 3.88. The molecular formula is C12H12N4O2. The number of rotatable bonds is 3. The lowest BCUT2D eigenvalue weighted by Gasteiger charge is -2.12. The Balaban J connectivity index is 2.57. The van der Waals surface area contributed by atoms with Gasteiger partial charge in [0.25, 0.3) is 0 Å². The van der Waals surface area contributed by atoms with Crippen LogP contribution in [-0.4, -0.2) is 40.1 Å². The normalized spacial score (nSPS) is 10.1. The van der Waals surface area contributed by atoms with Crippen molar-refractivity contribution >= 4 is 11.8 Å². The molecule has 18 heavy (non-hydrogen) atoms. The van der Waals surface area contributed by atoms with Crippen molar-refractivity contribution in [3.8, 4) is 11.4 Å². The highest BCUT2D eigenvalue weighted by molar-refractivity contribution is 5.87. The van der Waals surface area contributed by atoms with Crippen molar-refractivity contribution in [1.82, 2.24) is 15.0 Å². The van der Waals surface area contributed by atoms with Gasteiger partial charge in [0.2, 0.25) is 0 Å². The van der Waals surface area contributed by atoms with Crippen LogP contribution in [0.4, 0.5) is 5.82 Å². The predicted octanol–water partition coefficient (Wildman–Crippen LogP) is 1.30. The van der Waals surface area contributed by atoms with E-state index >= 15 is 0 Å². The average molecular weight is 244 g/mol. The molecule has 2 aromatic rings. The SMILES string of the molecule is CN(C)c1cc(C(=O)O)nc(-c2cccnc2)n1. The summed E-state index contributed by atoms with van der Waals surface area (Å²) in [5.74, 6) is -0.182. The number of carboxylic acid groups (broad SMARTS) is 1. The molecule has 6 heteroatoms. The van der Waals surface area contributed by atoms with Crippen LogP contribution in [0.2, 0.25) is 0 Å². The van der Waals surface area contributed by atoms with E-state index in [1.165, 1.54) is 6.07 Å². The number of nitrogens with zero attached hydrogens (tertiary/aromatic N) is 4. The number of carboxylic acids is 1. The Morgan fingerprint density at radius 3 is 2.67 bits per heavy atom. The van der Waals surface area contributed by atoms with E-state index in [1.807, 2.05) is 0 Å². The van der Waals surface area contributed by atoms with E-state index in [0.29, 0.717) is 17.2 Å². The van der Waals surface area contributed by atoms with Crippen molar-refractivity contribution in [2.75, 3.05) is 19.0 Å². The molecule has 92 valence electrons. The van der Waals surface area contributed by atoms with Crippen LogP contribution in [0.15, 0.2) is 30.6 Å². The number of hydrogen-bond donors (Lipinski definition) is 1. The van der Waals surface area contributed by atoms with Gasteiger partial charge in [-0.2, -0.15) is 0 Å². The zero-order chi connectivity index (χ0) is 13.1. The van der Waals surface area contributed by atoms with Gasteiger partial charge in [-0.3, -0.25) is 4.98 Å². The molecule has 0 aliphatic heterocycles. The molecule has 0 radical (unpaired) electrons. The third kappa shape index (κ3) is 2.42. The highest BCUT2D eigenvalue weighted by Crippen LogP contribution is 2.18. The van der Waals surface area contributed by atoms with Gasteiger partial charge >= 0.3 is 5.97 Å². The van der Waals surface area contributed by atoms with Crippen LogP contribution < -0.4 is 4.90 Å². The Kier molecular flexibility index (Phi) is 3.18. The summed E-state index contributed by atoms with van der Waals surface area (Å²) in [5.41, 5.74) is 0.649. The quantitative estimate of drug-likeness (QED) is 0.876. The van der Waals surface area contributed by atoms with Gasteiger partial charge in [-0.1, -0.05) is 0 Å². The number of hydrogen-bond acceptors (Lipinski definition) is 5. The first kappa shape index (κ1) is 12.0. The van der Waals surface area contributed by atoms with Gasteiger partial charge in [0, 0.05) is 38.1 Å². The van der Waals surface area contributed by atoms with Crippen LogP contribution in [0, 0.1) is 0 Å². The molecule has 0 aliphatic carbocycles. The van der Waals surface area contributed by atoms with Crippen molar-refractivity contribution in [2.24, 2.45) is 0 Å². The zero-order valence-corrected chi connectivity index (χ0v) is 10.0. The standard InChI is InChI=1S/C12H12N4O2/c1-16(2)10-6-9(12(17)18)14-11(15-10)8-4-3-5-13-7-8/h3-7H,1-2H3,(H,17,18). The molecule has 2 rings (SSSR count). The monoisotopic (exact) mass is 244 g/mol. The largest absolute Gasteiger partial charge is 0.477 e. The maximum atomic E-state index is 11.0. The van der Waals surface area contributed by atoms with E-state index in [9.17, 15) is 4.79 Å². The first-order valence-corrected chi connectivity index (χ1v) is 5.28. The van der Waals surface area contributed by atoms with Crippen LogP contribution in [0.1, 0.15) is 10.5 Å². The molecular weight excluding hydrogens is 232 g/mol. The van der Waals surface area contributed by atoms with Crippen LogP contribution in [-0.2, 0) is 0 Å². The zero-order valence-electron chi connectivity index (χ0n) is 10.0. The molecule has 2 heterocycles. The van der Waals surface area contributed by atoms with Gasteiger partial charge < -0.3 is 10.0 Å². The summed E-state index contributed by atoms with van der Waals surface area (Å²) in [6, 6.07) is 4.97. The number of aromatic carboxylic acids is 1. The van der Waals surface area contributed by atoms with Crippen molar-refractivity contribution in [2.45, 2.75) is 0 Å². The first-order chi connectivity index (χ1) is 8.58. The van der Waals surface area contributed by atoms with E-state index in [1.54, 1.807) is 43.5 Å². The second kappa shape index (κ2) is 4.79. The van der Waals surface area contributed by atoms with Crippen LogP contribution in [0.3, 0.4) is 0 Å². The highest BCUT2D eigenvalue weighted by Gasteiger charge is 2.12. The molecule has 6 nitrogen and oxygen atoms in total. The van der Waals surface area contributed by atoms with Gasteiger partial charge in [0.15, 0.2) is 11.5 Å². The summed E-state index contributed by atoms with van der Waals surface area (Å²) in [5, 5.41) is 9.04. The summed E-state index contributed by atoms with van der Waals surface area (Å²) < 4.78 is 0. The molecule has 0 unspecified atom stereocenters. The maximum Gasteiger partial charge on any atom is 0.354 e. The molecule has 0 bridgehead atoms. The fourth-order valence-electron chi connectivity index (χ4n) is 1.40. The van der Waals surface area contributed by atoms with Crippen molar-refractivity contribution in [3.63, 3.8) is 0 Å². The highest BCUT2D eigenvalue weighted by atomic mass is 16.4. The summed E-state index contributed by atoms with van der Waals surface area (Å²) in [7, 11) is 3.59. The molecule has 0 aliphatic rings. The molecule has 0 spiro atoms. The number of carbonyl (C=O) groups is 1. The summed E-state index contributed by atoms with van der Waals surface area (Å²) >= 11 is 0. The Labute approximate surface area is 104 Å². The molecule has 1 N–H and O–H groups in total. The smallest absolute Gasteiger partial charge is 0.354 e. The lowest BCUT2D eigenvalue weighted by Crippen LogP contribution is -2.14. The molecule has 0 atom stereocenters. The molecule has 0 saturated carbocycles. The first-order valence-electron chi connectivity index (χ1n) is 5.28. The van der Waals surface area contributed by atoms with E-state index in [4.69, 9.17) is 5.11 Å². The predicted molar refractivity (Wildman–Crippen MR) is 66.5 cm³/mol. The third-order valence-electron chi connectivity index (χ3n) is 2.31. The Bertz CT molecular complexity index is 570. The van der Waals surface area contributed by atoms with Crippen LogP contribution in [0.5, 0.6) is 0 Å². The van der Waals surface area contributed by atoms with Crippen molar-refractivity contribution < 1.29 is 9.90 Å². The van der Waals surface area contributed by atoms with Gasteiger partial charge in [-0.25, -0.2) is 14.8 Å². The Hall–Kier alpha value is -2.50. The van der Waals surface area contributed by atoms with Gasteiger partial charge in [0.1, 0.15) is 5.82 Å². The minimum atomic E-state index is -1.08. The lowest BCUT2D eigenvalue weighted by atomic mass is 10.2. The van der Waals surface area contributed by atoms with Gasteiger partial charge in [-0.15, -0.1) is 0 Å². The van der Waals surface area contributed by atoms with Crippen LogP contribution >= 0.6 is 0 Å². The fraction of sp³-hybridized carbons (Fsp3) is 0.167. The maximum absolute atomic E-state index is 11.0. The van der Waals surface area contributed by atoms with Crippen molar-refractivity contribution in [3.05, 3.63) is 36.3 Å². The van der Waals surface area contributed by atoms with Gasteiger partial charge in [-0.05, 0) is 12.1 Å². The molecule has 2 aromatic heterocycles. The van der Waals surface area contributed by atoms with E-state index < -0.39 is 5.97 Å². The Morgan fingerprint density at radius 1 is 1.33 bits per heavy atom. The topological polar surface area (TPSA) is 79.2 Å². The molecule has 0 fully saturated rings. The molecule has 0 amide bonds. The summed E-state index contributed by atoms with van der Waals surface area (Å²) in [6.45, 7) is 0. The number of pyridine rings is 1. The van der Waals surface area contributed by atoms with Crippen LogP contribution in [0.25, 0.3) is 11.4 Å². The minimum absolute atomic E-state index is 0.0347. The van der Waals surface area contributed by atoms with Crippen molar-refractivity contribution in [1.29, 1.82) is 0 Å². The average Bonchev–Trinajstić information content (AvgIpc) is 2.39. The van der Waals surface area contributed by atoms with E-state index in [-0.39, 0.29) is 5.69 Å². The van der Waals surface area contributed by atoms with E-state index in [2.05, 4.69) is 15.0 Å². The Morgan fingerprint density at radius 2 is 2.11 bits per heavy atom. The summed E-state index contributed by atoms with van der Waals surface area (Å²) in [4.78, 5) is 25.0. The van der Waals surface area contributed by atoms with Gasteiger partial charge in [0.05, 0.1) is 0 Å². The summed E-state index contributed by atoms with van der Waals surface area (Å²) in [6.07, 6.45) is 3.23. The molecule has 0 aromatic carbocycles. The number of aromatic nitrogens is 3. The third-order valence-corrected chi connectivity index (χ3v) is 2.31.